The van der Waals surface area contributed by atoms with Gasteiger partial charge in [0.2, 0.25) is 0 Å². The zero-order valence-electron chi connectivity index (χ0n) is 10.8. The lowest BCUT2D eigenvalue weighted by Crippen LogP contribution is -2.33. The van der Waals surface area contributed by atoms with Crippen LogP contribution in [-0.2, 0) is 6.61 Å². The van der Waals surface area contributed by atoms with Gasteiger partial charge in [0.25, 0.3) is 0 Å². The lowest BCUT2D eigenvalue weighted by molar-refractivity contribution is 0.280. The van der Waals surface area contributed by atoms with Crippen LogP contribution < -0.4 is 4.90 Å². The molecule has 0 spiro atoms. The highest BCUT2D eigenvalue weighted by molar-refractivity contribution is 5.54. The molecule has 4 heteroatoms. The molecule has 1 aromatic heterocycles. The zero-order valence-corrected chi connectivity index (χ0v) is 10.8. The minimum absolute atomic E-state index is 0.00897. The SMILES string of the molecule is Cc1cc(N(CCCO)C(C)C)c(CO)cn1. The number of hydrogen-bond acceptors (Lipinski definition) is 4. The summed E-state index contributed by atoms with van der Waals surface area (Å²) in [5.41, 5.74) is 2.79. The van der Waals surface area contributed by atoms with Crippen LogP contribution in [0.5, 0.6) is 0 Å². The van der Waals surface area contributed by atoms with Gasteiger partial charge < -0.3 is 15.1 Å². The number of anilines is 1. The van der Waals surface area contributed by atoms with Crippen molar-refractivity contribution in [1.29, 1.82) is 0 Å². The average Bonchev–Trinajstić information content (AvgIpc) is 2.29. The summed E-state index contributed by atoms with van der Waals surface area (Å²) in [5.74, 6) is 0. The van der Waals surface area contributed by atoms with Crippen LogP contribution in [0.2, 0.25) is 0 Å². The van der Waals surface area contributed by atoms with Crippen LogP contribution in [0.25, 0.3) is 0 Å². The second kappa shape index (κ2) is 6.57. The first-order chi connectivity index (χ1) is 8.10. The van der Waals surface area contributed by atoms with Crippen molar-refractivity contribution < 1.29 is 10.2 Å². The van der Waals surface area contributed by atoms with Crippen molar-refractivity contribution in [3.63, 3.8) is 0 Å². The van der Waals surface area contributed by atoms with Crippen molar-refractivity contribution in [3.8, 4) is 0 Å². The molecule has 0 amide bonds. The van der Waals surface area contributed by atoms with E-state index in [4.69, 9.17) is 5.11 Å². The first-order valence-electron chi connectivity index (χ1n) is 6.04. The summed E-state index contributed by atoms with van der Waals surface area (Å²) in [5, 5.41) is 18.3. The van der Waals surface area contributed by atoms with E-state index in [0.717, 1.165) is 29.9 Å². The summed E-state index contributed by atoms with van der Waals surface area (Å²) in [7, 11) is 0. The number of aromatic nitrogens is 1. The lowest BCUT2D eigenvalue weighted by atomic mass is 10.1. The standard InChI is InChI=1S/C13H22N2O2/c1-10(2)15(5-4-6-16)13-7-11(3)14-8-12(13)9-17/h7-8,10,16-17H,4-6,9H2,1-3H3. The van der Waals surface area contributed by atoms with Gasteiger partial charge in [-0.2, -0.15) is 0 Å². The number of rotatable bonds is 6. The second-order valence-electron chi connectivity index (χ2n) is 4.48. The quantitative estimate of drug-likeness (QED) is 0.788. The molecule has 0 fully saturated rings. The number of pyridine rings is 1. The van der Waals surface area contributed by atoms with Gasteiger partial charge in [-0.25, -0.2) is 0 Å². The summed E-state index contributed by atoms with van der Waals surface area (Å²) >= 11 is 0. The van der Waals surface area contributed by atoms with Gasteiger partial charge in [0.15, 0.2) is 0 Å². The molecule has 0 aliphatic rings. The first kappa shape index (κ1) is 13.9. The Labute approximate surface area is 103 Å². The molecule has 0 unspecified atom stereocenters. The predicted molar refractivity (Wildman–Crippen MR) is 69.1 cm³/mol. The number of aryl methyl sites for hydroxylation is 1. The fourth-order valence-electron chi connectivity index (χ4n) is 1.86. The smallest absolute Gasteiger partial charge is 0.0717 e. The Bertz CT molecular complexity index is 353. The number of hydrogen-bond donors (Lipinski definition) is 2. The highest BCUT2D eigenvalue weighted by Crippen LogP contribution is 2.23. The van der Waals surface area contributed by atoms with Crippen molar-refractivity contribution in [2.75, 3.05) is 18.1 Å². The largest absolute Gasteiger partial charge is 0.396 e. The molecular formula is C13H22N2O2. The van der Waals surface area contributed by atoms with Gasteiger partial charge >= 0.3 is 0 Å². The monoisotopic (exact) mass is 238 g/mol. The summed E-state index contributed by atoms with van der Waals surface area (Å²) < 4.78 is 0. The Kier molecular flexibility index (Phi) is 5.38. The highest BCUT2D eigenvalue weighted by atomic mass is 16.3. The third kappa shape index (κ3) is 3.68. The Balaban J connectivity index is 3.02. The van der Waals surface area contributed by atoms with Crippen molar-refractivity contribution in [2.24, 2.45) is 0 Å². The molecule has 1 aromatic rings. The summed E-state index contributed by atoms with van der Waals surface area (Å²) in [6.07, 6.45) is 2.45. The molecular weight excluding hydrogens is 216 g/mol. The topological polar surface area (TPSA) is 56.6 Å². The van der Waals surface area contributed by atoms with Crippen LogP contribution in [0.3, 0.4) is 0 Å². The second-order valence-corrected chi connectivity index (χ2v) is 4.48. The van der Waals surface area contributed by atoms with E-state index >= 15 is 0 Å². The average molecular weight is 238 g/mol. The van der Waals surface area contributed by atoms with E-state index in [1.807, 2.05) is 13.0 Å². The molecule has 17 heavy (non-hydrogen) atoms. The Hall–Kier alpha value is -1.13. The van der Waals surface area contributed by atoms with E-state index in [1.165, 1.54) is 0 Å². The summed E-state index contributed by atoms with van der Waals surface area (Å²) in [6.45, 7) is 7.11. The van der Waals surface area contributed by atoms with Gasteiger partial charge in [0.05, 0.1) is 6.61 Å². The maximum Gasteiger partial charge on any atom is 0.0717 e. The van der Waals surface area contributed by atoms with Gasteiger partial charge in [0, 0.05) is 42.3 Å². The maximum absolute atomic E-state index is 9.35. The number of aliphatic hydroxyl groups excluding tert-OH is 2. The fraction of sp³-hybridized carbons (Fsp3) is 0.615. The maximum atomic E-state index is 9.35. The van der Waals surface area contributed by atoms with Crippen LogP contribution in [0.1, 0.15) is 31.5 Å². The molecule has 0 aliphatic heterocycles. The van der Waals surface area contributed by atoms with Gasteiger partial charge in [-0.15, -0.1) is 0 Å². The van der Waals surface area contributed by atoms with Gasteiger partial charge in [-0.3, -0.25) is 4.98 Å². The lowest BCUT2D eigenvalue weighted by Gasteiger charge is -2.30. The number of aliphatic hydroxyl groups is 2. The van der Waals surface area contributed by atoms with E-state index in [2.05, 4.69) is 23.7 Å². The molecule has 2 N–H and O–H groups in total. The normalized spacial score (nSPS) is 10.9. The van der Waals surface area contributed by atoms with E-state index in [1.54, 1.807) is 6.20 Å². The first-order valence-corrected chi connectivity index (χ1v) is 6.04. The molecule has 0 radical (unpaired) electrons. The molecule has 1 heterocycles. The van der Waals surface area contributed by atoms with E-state index in [9.17, 15) is 5.11 Å². The molecule has 0 saturated carbocycles. The van der Waals surface area contributed by atoms with Crippen LogP contribution in [-0.4, -0.2) is 34.4 Å². The Morgan fingerprint density at radius 2 is 2.06 bits per heavy atom. The molecule has 0 aliphatic carbocycles. The van der Waals surface area contributed by atoms with Crippen LogP contribution >= 0.6 is 0 Å². The van der Waals surface area contributed by atoms with Crippen LogP contribution in [0.15, 0.2) is 12.3 Å². The van der Waals surface area contributed by atoms with Crippen molar-refractivity contribution in [2.45, 2.75) is 39.8 Å². The fourth-order valence-corrected chi connectivity index (χ4v) is 1.86. The van der Waals surface area contributed by atoms with E-state index in [0.29, 0.717) is 6.04 Å². The molecule has 96 valence electrons. The van der Waals surface area contributed by atoms with Crippen LogP contribution in [0, 0.1) is 6.92 Å². The minimum atomic E-state index is -0.00897. The molecule has 0 aromatic carbocycles. The summed E-state index contributed by atoms with van der Waals surface area (Å²) in [6, 6.07) is 2.32. The molecule has 1 rings (SSSR count). The van der Waals surface area contributed by atoms with Gasteiger partial charge in [0.1, 0.15) is 0 Å². The Morgan fingerprint density at radius 1 is 1.35 bits per heavy atom. The molecule has 0 saturated heterocycles. The van der Waals surface area contributed by atoms with Crippen molar-refractivity contribution in [1.82, 2.24) is 4.98 Å². The van der Waals surface area contributed by atoms with Crippen LogP contribution in [0.4, 0.5) is 5.69 Å². The van der Waals surface area contributed by atoms with E-state index in [-0.39, 0.29) is 13.2 Å². The third-order valence-electron chi connectivity index (χ3n) is 2.76. The Morgan fingerprint density at radius 3 is 2.59 bits per heavy atom. The van der Waals surface area contributed by atoms with Gasteiger partial charge in [-0.1, -0.05) is 0 Å². The third-order valence-corrected chi connectivity index (χ3v) is 2.76. The van der Waals surface area contributed by atoms with Crippen molar-refractivity contribution in [3.05, 3.63) is 23.5 Å². The molecule has 4 nitrogen and oxygen atoms in total. The predicted octanol–water partition coefficient (Wildman–Crippen LogP) is 1.48. The zero-order chi connectivity index (χ0) is 12.8. The van der Waals surface area contributed by atoms with Crippen molar-refractivity contribution >= 4 is 5.69 Å². The minimum Gasteiger partial charge on any atom is -0.396 e. The molecule has 0 atom stereocenters. The molecule has 0 bridgehead atoms. The van der Waals surface area contributed by atoms with Gasteiger partial charge in [-0.05, 0) is 33.3 Å². The summed E-state index contributed by atoms with van der Waals surface area (Å²) in [4.78, 5) is 6.39. The van der Waals surface area contributed by atoms with E-state index < -0.39 is 0 Å². The number of nitrogens with zero attached hydrogens (tertiary/aromatic N) is 2. The highest BCUT2D eigenvalue weighted by Gasteiger charge is 2.14.